The van der Waals surface area contributed by atoms with Crippen molar-refractivity contribution in [1.29, 1.82) is 0 Å². The predicted molar refractivity (Wildman–Crippen MR) is 186 cm³/mol. The average Bonchev–Trinajstić information content (AvgIpc) is 2.91. The molecular formula is C36H72N6. The van der Waals surface area contributed by atoms with E-state index in [0.29, 0.717) is 23.7 Å². The first-order valence-corrected chi connectivity index (χ1v) is 17.5. The number of benzene rings is 1. The molecule has 0 atom stereocenters. The standard InChI is InChI=1S/C36H72N6/c1-31(2)25-37-16-10-20-41(21-11-17-38-26-32(3)4)29-35-14-9-15-36(24-35)30-42(22-12-18-39-27-33(5)6)23-13-19-40-28-34(7)8/h9,14-15,24,31-34,37-40H,10-13,16-23,25-30H2,1-8H3. The van der Waals surface area contributed by atoms with Gasteiger partial charge in [-0.25, -0.2) is 0 Å². The lowest BCUT2D eigenvalue weighted by Crippen LogP contribution is -2.32. The molecule has 1 aromatic rings. The van der Waals surface area contributed by atoms with Gasteiger partial charge < -0.3 is 21.3 Å². The van der Waals surface area contributed by atoms with E-state index in [9.17, 15) is 0 Å². The molecule has 42 heavy (non-hydrogen) atoms. The van der Waals surface area contributed by atoms with Crippen LogP contribution in [0.1, 0.15) is 92.2 Å². The topological polar surface area (TPSA) is 54.6 Å². The smallest absolute Gasteiger partial charge is 0.0233 e. The third-order valence-corrected chi connectivity index (χ3v) is 7.33. The summed E-state index contributed by atoms with van der Waals surface area (Å²) >= 11 is 0. The SMILES string of the molecule is CC(C)CNCCCN(CCCNCC(C)C)Cc1cccc(CN(CCCNCC(C)C)CCCNCC(C)C)c1. The molecule has 0 fully saturated rings. The number of nitrogens with one attached hydrogen (secondary N) is 4. The monoisotopic (exact) mass is 589 g/mol. The van der Waals surface area contributed by atoms with Crippen LogP contribution in [0, 0.1) is 23.7 Å². The zero-order valence-corrected chi connectivity index (χ0v) is 29.2. The molecule has 6 nitrogen and oxygen atoms in total. The third-order valence-electron chi connectivity index (χ3n) is 7.33. The van der Waals surface area contributed by atoms with Gasteiger partial charge in [0, 0.05) is 13.1 Å². The van der Waals surface area contributed by atoms with Crippen LogP contribution in [-0.2, 0) is 13.1 Å². The van der Waals surface area contributed by atoms with Crippen molar-refractivity contribution >= 4 is 0 Å². The van der Waals surface area contributed by atoms with Crippen molar-refractivity contribution in [3.8, 4) is 0 Å². The molecule has 0 amide bonds. The molecule has 0 aliphatic rings. The second-order valence-electron chi connectivity index (χ2n) is 14.2. The number of hydrogen-bond donors (Lipinski definition) is 4. The van der Waals surface area contributed by atoms with Gasteiger partial charge in [0.1, 0.15) is 0 Å². The van der Waals surface area contributed by atoms with Gasteiger partial charge in [0.25, 0.3) is 0 Å². The van der Waals surface area contributed by atoms with Gasteiger partial charge in [-0.05, 0) is 139 Å². The van der Waals surface area contributed by atoms with Crippen molar-refractivity contribution in [2.24, 2.45) is 23.7 Å². The van der Waals surface area contributed by atoms with E-state index >= 15 is 0 Å². The minimum Gasteiger partial charge on any atom is -0.316 e. The Hall–Kier alpha value is -1.02. The van der Waals surface area contributed by atoms with Gasteiger partial charge in [-0.3, -0.25) is 9.80 Å². The van der Waals surface area contributed by atoms with Crippen LogP contribution in [0.4, 0.5) is 0 Å². The van der Waals surface area contributed by atoms with Crippen LogP contribution in [0.25, 0.3) is 0 Å². The number of rotatable bonds is 28. The van der Waals surface area contributed by atoms with Crippen molar-refractivity contribution in [2.45, 2.75) is 94.2 Å². The van der Waals surface area contributed by atoms with E-state index in [1.807, 2.05) is 0 Å². The summed E-state index contributed by atoms with van der Waals surface area (Å²) in [5.74, 6) is 2.84. The summed E-state index contributed by atoms with van der Waals surface area (Å²) in [6.07, 6.45) is 4.81. The molecule has 0 saturated carbocycles. The second-order valence-corrected chi connectivity index (χ2v) is 14.2. The molecule has 0 heterocycles. The van der Waals surface area contributed by atoms with Gasteiger partial charge in [0.2, 0.25) is 0 Å². The molecule has 0 bridgehead atoms. The molecule has 0 radical (unpaired) electrons. The maximum atomic E-state index is 3.63. The van der Waals surface area contributed by atoms with Crippen molar-refractivity contribution in [1.82, 2.24) is 31.1 Å². The minimum atomic E-state index is 0.711. The first-order valence-electron chi connectivity index (χ1n) is 17.5. The highest BCUT2D eigenvalue weighted by molar-refractivity contribution is 5.23. The van der Waals surface area contributed by atoms with Crippen LogP contribution < -0.4 is 21.3 Å². The van der Waals surface area contributed by atoms with Gasteiger partial charge in [-0.1, -0.05) is 79.7 Å². The Morgan fingerprint density at radius 3 is 1.02 bits per heavy atom. The quantitative estimate of drug-likeness (QED) is 0.0924. The van der Waals surface area contributed by atoms with Gasteiger partial charge in [-0.2, -0.15) is 0 Å². The van der Waals surface area contributed by atoms with Crippen molar-refractivity contribution in [2.75, 3.05) is 78.5 Å². The maximum absolute atomic E-state index is 3.63. The fraction of sp³-hybridized carbons (Fsp3) is 0.833. The van der Waals surface area contributed by atoms with Crippen LogP contribution >= 0.6 is 0 Å². The zero-order valence-electron chi connectivity index (χ0n) is 29.2. The van der Waals surface area contributed by atoms with Crippen molar-refractivity contribution in [3.63, 3.8) is 0 Å². The van der Waals surface area contributed by atoms with E-state index in [4.69, 9.17) is 0 Å². The number of hydrogen-bond acceptors (Lipinski definition) is 6. The van der Waals surface area contributed by atoms with Gasteiger partial charge in [0.15, 0.2) is 0 Å². The molecule has 0 spiro atoms. The normalized spacial score (nSPS) is 12.3. The van der Waals surface area contributed by atoms with Gasteiger partial charge in [0.05, 0.1) is 0 Å². The fourth-order valence-corrected chi connectivity index (χ4v) is 5.16. The minimum absolute atomic E-state index is 0.711. The molecule has 1 rings (SSSR count). The fourth-order valence-electron chi connectivity index (χ4n) is 5.16. The first-order chi connectivity index (χ1) is 20.2. The molecule has 0 aliphatic heterocycles. The lowest BCUT2D eigenvalue weighted by atomic mass is 10.1. The van der Waals surface area contributed by atoms with Crippen molar-refractivity contribution in [3.05, 3.63) is 35.4 Å². The molecule has 6 heteroatoms. The van der Waals surface area contributed by atoms with Crippen LogP contribution in [0.2, 0.25) is 0 Å². The molecule has 1 aromatic carbocycles. The van der Waals surface area contributed by atoms with E-state index < -0.39 is 0 Å². The van der Waals surface area contributed by atoms with E-state index in [0.717, 1.165) is 91.6 Å². The Morgan fingerprint density at radius 2 is 0.762 bits per heavy atom. The largest absolute Gasteiger partial charge is 0.316 e. The summed E-state index contributed by atoms with van der Waals surface area (Å²) < 4.78 is 0. The highest BCUT2D eigenvalue weighted by Crippen LogP contribution is 2.13. The van der Waals surface area contributed by atoms with Crippen LogP contribution in [-0.4, -0.2) is 88.3 Å². The molecule has 246 valence electrons. The Bertz CT molecular complexity index is 642. The highest BCUT2D eigenvalue weighted by Gasteiger charge is 2.10. The lowest BCUT2D eigenvalue weighted by Gasteiger charge is -2.25. The van der Waals surface area contributed by atoms with E-state index in [1.54, 1.807) is 0 Å². The first kappa shape index (κ1) is 39.0. The third kappa shape index (κ3) is 23.4. The van der Waals surface area contributed by atoms with Gasteiger partial charge >= 0.3 is 0 Å². The maximum Gasteiger partial charge on any atom is 0.0233 e. The molecule has 0 aliphatic carbocycles. The molecular weight excluding hydrogens is 516 g/mol. The second kappa shape index (κ2) is 25.3. The predicted octanol–water partition coefficient (Wildman–Crippen LogP) is 5.83. The molecule has 0 unspecified atom stereocenters. The summed E-state index contributed by atoms with van der Waals surface area (Å²) in [6, 6.07) is 9.42. The summed E-state index contributed by atoms with van der Waals surface area (Å²) in [7, 11) is 0. The Balaban J connectivity index is 2.72. The van der Waals surface area contributed by atoms with Gasteiger partial charge in [-0.15, -0.1) is 0 Å². The van der Waals surface area contributed by atoms with E-state index in [1.165, 1.54) is 36.8 Å². The summed E-state index contributed by atoms with van der Waals surface area (Å²) in [5.41, 5.74) is 2.91. The molecule has 0 aromatic heterocycles. The summed E-state index contributed by atoms with van der Waals surface area (Å²) in [4.78, 5) is 5.34. The van der Waals surface area contributed by atoms with Crippen molar-refractivity contribution < 1.29 is 0 Å². The Morgan fingerprint density at radius 1 is 0.476 bits per heavy atom. The van der Waals surface area contributed by atoms with E-state index in [-0.39, 0.29) is 0 Å². The van der Waals surface area contributed by atoms with Crippen LogP contribution in [0.5, 0.6) is 0 Å². The number of nitrogens with zero attached hydrogens (tertiary/aromatic N) is 2. The van der Waals surface area contributed by atoms with Crippen LogP contribution in [0.3, 0.4) is 0 Å². The van der Waals surface area contributed by atoms with Crippen LogP contribution in [0.15, 0.2) is 24.3 Å². The lowest BCUT2D eigenvalue weighted by molar-refractivity contribution is 0.252. The summed E-state index contributed by atoms with van der Waals surface area (Å²) in [6.45, 7) is 33.8. The van der Waals surface area contributed by atoms with E-state index in [2.05, 4.69) is 111 Å². The molecule has 0 saturated heterocycles. The highest BCUT2D eigenvalue weighted by atomic mass is 15.1. The average molecular weight is 589 g/mol. The molecule has 4 N–H and O–H groups in total. The Kier molecular flexibility index (Phi) is 23.5. The Labute approximate surface area is 262 Å². The summed E-state index contributed by atoms with van der Waals surface area (Å²) in [5, 5.41) is 14.5. The zero-order chi connectivity index (χ0) is 31.0.